The number of nitrogens with zero attached hydrogens (tertiary/aromatic N) is 1. The van der Waals surface area contributed by atoms with Gasteiger partial charge in [-0.15, -0.1) is 0 Å². The lowest BCUT2D eigenvalue weighted by atomic mass is 10.00. The smallest absolute Gasteiger partial charge is 0.330 e. The molecular weight excluding hydrogens is 490 g/mol. The van der Waals surface area contributed by atoms with E-state index >= 15 is 0 Å². The maximum atomic E-state index is 11.5. The van der Waals surface area contributed by atoms with Crippen LogP contribution < -0.4 is 4.74 Å². The monoisotopic (exact) mass is 523 g/mol. The molecule has 1 atom stereocenters. The number of nitriles is 1. The number of hydrogen-bond acceptors (Lipinski definition) is 6. The van der Waals surface area contributed by atoms with Crippen molar-refractivity contribution in [1.29, 1.82) is 5.26 Å². The Bertz CT molecular complexity index is 1270. The third-order valence-electron chi connectivity index (χ3n) is 6.14. The summed E-state index contributed by atoms with van der Waals surface area (Å²) < 4.78 is 16.2. The van der Waals surface area contributed by atoms with Crippen molar-refractivity contribution in [2.24, 2.45) is 0 Å². The van der Waals surface area contributed by atoms with Gasteiger partial charge in [0.15, 0.2) is 0 Å². The van der Waals surface area contributed by atoms with Crippen molar-refractivity contribution >= 4 is 11.9 Å². The first-order valence-electron chi connectivity index (χ1n) is 13.0. The molecule has 3 rings (SSSR count). The van der Waals surface area contributed by atoms with Crippen LogP contribution in [0.2, 0.25) is 0 Å². The normalized spacial score (nSPS) is 11.1. The van der Waals surface area contributed by atoms with E-state index in [1.165, 1.54) is 0 Å². The summed E-state index contributed by atoms with van der Waals surface area (Å²) >= 11 is 0. The maximum Gasteiger partial charge on any atom is 0.330 e. The van der Waals surface area contributed by atoms with E-state index in [1.807, 2.05) is 36.4 Å². The molecule has 0 radical (unpaired) electrons. The van der Waals surface area contributed by atoms with Crippen molar-refractivity contribution in [3.05, 3.63) is 104 Å². The summed E-state index contributed by atoms with van der Waals surface area (Å²) in [5.41, 5.74) is 5.07. The van der Waals surface area contributed by atoms with Crippen molar-refractivity contribution < 1.29 is 23.8 Å². The first kappa shape index (κ1) is 28.9. The highest BCUT2D eigenvalue weighted by molar-refractivity contribution is 5.82. The van der Waals surface area contributed by atoms with E-state index in [-0.39, 0.29) is 6.61 Å². The summed E-state index contributed by atoms with van der Waals surface area (Å²) in [4.78, 5) is 22.8. The van der Waals surface area contributed by atoms with Gasteiger partial charge < -0.3 is 14.2 Å². The Morgan fingerprint density at radius 1 is 0.744 bits per heavy atom. The average Bonchev–Trinajstić information content (AvgIpc) is 2.99. The minimum atomic E-state index is -0.544. The molecule has 0 aromatic heterocycles. The molecule has 0 bridgehead atoms. The molecule has 6 nitrogen and oxygen atoms in total. The van der Waals surface area contributed by atoms with Crippen LogP contribution in [0.1, 0.15) is 37.7 Å². The SMILES string of the molecule is C=CC(=O)OCC(CCCCCCOc1ccc(-c2ccc(-c3ccc(C#N)cc3)cc2)cc1)OC(=O)C=C. The summed E-state index contributed by atoms with van der Waals surface area (Å²) in [6.45, 7) is 7.38. The largest absolute Gasteiger partial charge is 0.494 e. The fourth-order valence-electron chi connectivity index (χ4n) is 3.98. The van der Waals surface area contributed by atoms with Gasteiger partial charge in [0.2, 0.25) is 0 Å². The molecule has 3 aromatic carbocycles. The highest BCUT2D eigenvalue weighted by Gasteiger charge is 2.14. The van der Waals surface area contributed by atoms with Crippen molar-refractivity contribution in [3.8, 4) is 34.1 Å². The van der Waals surface area contributed by atoms with Crippen LogP contribution in [-0.2, 0) is 19.1 Å². The number of carbonyl (C=O) groups is 2. The summed E-state index contributed by atoms with van der Waals surface area (Å²) in [5.74, 6) is -0.250. The van der Waals surface area contributed by atoms with Crippen LogP contribution in [0.4, 0.5) is 0 Å². The topological polar surface area (TPSA) is 85.6 Å². The molecule has 0 aliphatic rings. The molecule has 0 spiro atoms. The molecule has 1 unspecified atom stereocenters. The van der Waals surface area contributed by atoms with Gasteiger partial charge in [-0.05, 0) is 65.8 Å². The number of carbonyl (C=O) groups excluding carboxylic acids is 2. The summed E-state index contributed by atoms with van der Waals surface area (Å²) in [6, 6.07) is 26.1. The molecule has 0 N–H and O–H groups in total. The summed E-state index contributed by atoms with van der Waals surface area (Å²) in [6.07, 6.45) is 5.93. The molecule has 200 valence electrons. The minimum Gasteiger partial charge on any atom is -0.494 e. The molecule has 0 amide bonds. The Hall–Kier alpha value is -4.63. The maximum absolute atomic E-state index is 11.5. The van der Waals surface area contributed by atoms with Gasteiger partial charge in [-0.25, -0.2) is 9.59 Å². The number of ether oxygens (including phenoxy) is 3. The second-order valence-corrected chi connectivity index (χ2v) is 8.94. The second-order valence-electron chi connectivity index (χ2n) is 8.94. The average molecular weight is 524 g/mol. The third-order valence-corrected chi connectivity index (χ3v) is 6.14. The zero-order valence-electron chi connectivity index (χ0n) is 22.0. The summed E-state index contributed by atoms with van der Waals surface area (Å²) in [5, 5.41) is 8.96. The lowest BCUT2D eigenvalue weighted by Crippen LogP contribution is -2.24. The fourth-order valence-corrected chi connectivity index (χ4v) is 3.98. The highest BCUT2D eigenvalue weighted by Crippen LogP contribution is 2.26. The van der Waals surface area contributed by atoms with Gasteiger partial charge in [-0.2, -0.15) is 5.26 Å². The van der Waals surface area contributed by atoms with Crippen molar-refractivity contribution in [2.75, 3.05) is 13.2 Å². The molecule has 0 aliphatic heterocycles. The lowest BCUT2D eigenvalue weighted by molar-refractivity contribution is -0.153. The Labute approximate surface area is 230 Å². The highest BCUT2D eigenvalue weighted by atomic mass is 16.6. The van der Waals surface area contributed by atoms with E-state index < -0.39 is 18.0 Å². The summed E-state index contributed by atoms with van der Waals surface area (Å²) in [7, 11) is 0. The molecule has 0 saturated carbocycles. The number of esters is 2. The van der Waals surface area contributed by atoms with Crippen molar-refractivity contribution in [2.45, 2.75) is 38.2 Å². The Morgan fingerprint density at radius 3 is 1.79 bits per heavy atom. The molecule has 6 heteroatoms. The first-order valence-corrected chi connectivity index (χ1v) is 13.0. The van der Waals surface area contributed by atoms with E-state index in [0.29, 0.717) is 18.6 Å². The Balaban J connectivity index is 1.37. The molecule has 3 aromatic rings. The number of hydrogen-bond donors (Lipinski definition) is 0. The minimum absolute atomic E-state index is 0.00478. The van der Waals surface area contributed by atoms with Crippen LogP contribution in [0.15, 0.2) is 98.1 Å². The molecule has 0 aliphatic carbocycles. The van der Waals surface area contributed by atoms with Crippen LogP contribution in [0.25, 0.3) is 22.3 Å². The van der Waals surface area contributed by atoms with E-state index in [1.54, 1.807) is 0 Å². The zero-order valence-corrected chi connectivity index (χ0v) is 22.0. The van der Waals surface area contributed by atoms with Gasteiger partial charge in [0.25, 0.3) is 0 Å². The number of unbranched alkanes of at least 4 members (excludes halogenated alkanes) is 3. The van der Waals surface area contributed by atoms with Crippen LogP contribution in [-0.4, -0.2) is 31.3 Å². The third kappa shape index (κ3) is 9.64. The fraction of sp³-hybridized carbons (Fsp3) is 0.242. The molecule has 0 saturated heterocycles. The van der Waals surface area contributed by atoms with Crippen molar-refractivity contribution in [3.63, 3.8) is 0 Å². The number of rotatable bonds is 15. The standard InChI is InChI=1S/C33H33NO5/c1-3-32(35)38-24-31(39-33(36)4-2)9-7-5-6-8-22-37-30-20-18-29(19-21-30)28-16-14-27(15-17-28)26-12-10-25(23-34)11-13-26/h3-4,10-21,31H,1-2,5-9,22,24H2. The predicted octanol–water partition coefficient (Wildman–Crippen LogP) is 7.05. The predicted molar refractivity (Wildman–Crippen MR) is 152 cm³/mol. The first-order chi connectivity index (χ1) is 19.0. The van der Waals surface area contributed by atoms with E-state index in [9.17, 15) is 9.59 Å². The van der Waals surface area contributed by atoms with Gasteiger partial charge >= 0.3 is 11.9 Å². The zero-order chi connectivity index (χ0) is 27.9. The van der Waals surface area contributed by atoms with E-state index in [2.05, 4.69) is 55.6 Å². The van der Waals surface area contributed by atoms with Gasteiger partial charge in [0.1, 0.15) is 18.5 Å². The Kier molecular flexibility index (Phi) is 11.6. The second kappa shape index (κ2) is 15.6. The molecule has 0 fully saturated rings. The molecular formula is C33H33NO5. The van der Waals surface area contributed by atoms with Gasteiger partial charge in [-0.1, -0.05) is 74.5 Å². The van der Waals surface area contributed by atoms with Crippen LogP contribution in [0.5, 0.6) is 5.75 Å². The lowest BCUT2D eigenvalue weighted by Gasteiger charge is -2.16. The van der Waals surface area contributed by atoms with Crippen molar-refractivity contribution in [1.82, 2.24) is 0 Å². The molecule has 0 heterocycles. The van der Waals surface area contributed by atoms with Gasteiger partial charge in [0, 0.05) is 12.2 Å². The quantitative estimate of drug-likeness (QED) is 0.121. The van der Waals surface area contributed by atoms with Gasteiger partial charge in [-0.3, -0.25) is 0 Å². The Morgan fingerprint density at radius 2 is 1.26 bits per heavy atom. The van der Waals surface area contributed by atoms with Crippen LogP contribution in [0.3, 0.4) is 0 Å². The van der Waals surface area contributed by atoms with Crippen LogP contribution >= 0.6 is 0 Å². The van der Waals surface area contributed by atoms with Gasteiger partial charge in [0.05, 0.1) is 18.2 Å². The van der Waals surface area contributed by atoms with Crippen LogP contribution in [0, 0.1) is 11.3 Å². The van der Waals surface area contributed by atoms with E-state index in [0.717, 1.165) is 65.8 Å². The van der Waals surface area contributed by atoms with E-state index in [4.69, 9.17) is 19.5 Å². The molecule has 39 heavy (non-hydrogen) atoms. The number of benzene rings is 3.